The monoisotopic (exact) mass is 435 g/mol. The van der Waals surface area contributed by atoms with Crippen LogP contribution in [0.3, 0.4) is 0 Å². The summed E-state index contributed by atoms with van der Waals surface area (Å²) in [5.41, 5.74) is 2.03. The number of carbonyl (C=O) groups excluding carboxylic acids is 2. The number of aromatic nitrogens is 2. The van der Waals surface area contributed by atoms with E-state index in [2.05, 4.69) is 20.6 Å². The number of para-hydroxylation sites is 1. The number of rotatable bonds is 7. The lowest BCUT2D eigenvalue weighted by atomic mass is 10.2. The topological polar surface area (TPSA) is 96.5 Å². The first-order valence-electron chi connectivity index (χ1n) is 10.5. The summed E-state index contributed by atoms with van der Waals surface area (Å²) in [6, 6.07) is 13.0. The molecule has 0 atom stereocenters. The number of hydrogen-bond acceptors (Lipinski definition) is 6. The van der Waals surface area contributed by atoms with E-state index in [1.54, 1.807) is 18.5 Å². The highest BCUT2D eigenvalue weighted by Crippen LogP contribution is 2.22. The number of nitrogens with zero attached hydrogens (tertiary/aromatic N) is 3. The minimum atomic E-state index is -0.517. The van der Waals surface area contributed by atoms with Crippen LogP contribution >= 0.6 is 0 Å². The second-order valence-electron chi connectivity index (χ2n) is 8.44. The molecule has 0 unspecified atom stereocenters. The molecule has 0 fully saturated rings. The predicted molar refractivity (Wildman–Crippen MR) is 126 cm³/mol. The van der Waals surface area contributed by atoms with Gasteiger partial charge in [0.25, 0.3) is 5.91 Å². The van der Waals surface area contributed by atoms with Crippen molar-refractivity contribution >= 4 is 34.3 Å². The molecule has 0 saturated carbocycles. The number of alkyl carbamates (subject to hydrolysis) is 1. The van der Waals surface area contributed by atoms with Crippen LogP contribution in [0, 0.1) is 0 Å². The van der Waals surface area contributed by atoms with E-state index in [4.69, 9.17) is 4.74 Å². The zero-order valence-corrected chi connectivity index (χ0v) is 18.9. The number of pyridine rings is 2. The van der Waals surface area contributed by atoms with Crippen LogP contribution in [0.25, 0.3) is 10.9 Å². The van der Waals surface area contributed by atoms with Gasteiger partial charge >= 0.3 is 6.09 Å². The van der Waals surface area contributed by atoms with E-state index in [9.17, 15) is 9.59 Å². The third kappa shape index (κ3) is 6.41. The average molecular weight is 436 g/mol. The highest BCUT2D eigenvalue weighted by atomic mass is 16.6. The molecule has 0 aliphatic rings. The average Bonchev–Trinajstić information content (AvgIpc) is 2.75. The first kappa shape index (κ1) is 23.0. The van der Waals surface area contributed by atoms with Gasteiger partial charge in [-0.1, -0.05) is 18.2 Å². The molecule has 2 aromatic heterocycles. The first-order chi connectivity index (χ1) is 15.2. The molecule has 8 nitrogen and oxygen atoms in total. The van der Waals surface area contributed by atoms with Crippen LogP contribution < -0.4 is 15.5 Å². The summed E-state index contributed by atoms with van der Waals surface area (Å²) in [6.07, 6.45) is 3.61. The molecule has 3 aromatic rings. The maximum absolute atomic E-state index is 12.8. The zero-order valence-electron chi connectivity index (χ0n) is 18.9. The normalized spacial score (nSPS) is 11.1. The van der Waals surface area contributed by atoms with Gasteiger partial charge in [0, 0.05) is 43.6 Å². The molecular weight excluding hydrogens is 406 g/mol. The molecule has 0 aliphatic carbocycles. The standard InChI is InChI=1S/C24H29N5O3/c1-24(2,3)32-23(31)27-13-7-15-29(4)18-11-14-25-20(16-18)22(30)28-19-10-5-8-17-9-6-12-26-21(17)19/h5-6,8-12,14,16H,7,13,15H2,1-4H3,(H,27,31)(H,28,30). The second-order valence-corrected chi connectivity index (χ2v) is 8.44. The number of nitrogens with one attached hydrogen (secondary N) is 2. The van der Waals surface area contributed by atoms with Crippen molar-refractivity contribution in [1.29, 1.82) is 0 Å². The Morgan fingerprint density at radius 3 is 2.62 bits per heavy atom. The second kappa shape index (κ2) is 10.1. The molecule has 3 rings (SSSR count). The maximum atomic E-state index is 12.8. The van der Waals surface area contributed by atoms with E-state index in [1.807, 2.05) is 69.1 Å². The van der Waals surface area contributed by atoms with E-state index < -0.39 is 11.7 Å². The van der Waals surface area contributed by atoms with Crippen LogP contribution in [-0.4, -0.2) is 47.7 Å². The van der Waals surface area contributed by atoms with Gasteiger partial charge in [0.15, 0.2) is 0 Å². The third-order valence-corrected chi connectivity index (χ3v) is 4.64. The summed E-state index contributed by atoms with van der Waals surface area (Å²) in [4.78, 5) is 35.1. The maximum Gasteiger partial charge on any atom is 0.407 e. The lowest BCUT2D eigenvalue weighted by Gasteiger charge is -2.21. The first-order valence-corrected chi connectivity index (χ1v) is 10.5. The largest absolute Gasteiger partial charge is 0.444 e. The van der Waals surface area contributed by atoms with Gasteiger partial charge in [-0.05, 0) is 51.5 Å². The van der Waals surface area contributed by atoms with Gasteiger partial charge in [0.1, 0.15) is 11.3 Å². The van der Waals surface area contributed by atoms with Crippen molar-refractivity contribution in [2.75, 3.05) is 30.4 Å². The van der Waals surface area contributed by atoms with Crippen LogP contribution in [0.1, 0.15) is 37.7 Å². The zero-order chi connectivity index (χ0) is 23.1. The summed E-state index contributed by atoms with van der Waals surface area (Å²) in [5, 5.41) is 6.60. The number of ether oxygens (including phenoxy) is 1. The van der Waals surface area contributed by atoms with Gasteiger partial charge in [0.05, 0.1) is 11.2 Å². The Morgan fingerprint density at radius 1 is 1.06 bits per heavy atom. The molecule has 1 aromatic carbocycles. The summed E-state index contributed by atoms with van der Waals surface area (Å²) in [6.45, 7) is 6.66. The van der Waals surface area contributed by atoms with Crippen molar-refractivity contribution in [3.63, 3.8) is 0 Å². The fourth-order valence-electron chi connectivity index (χ4n) is 3.12. The molecule has 2 N–H and O–H groups in total. The molecule has 0 spiro atoms. The lowest BCUT2D eigenvalue weighted by molar-refractivity contribution is 0.0527. The Kier molecular flexibility index (Phi) is 7.25. The molecule has 8 heteroatoms. The summed E-state index contributed by atoms with van der Waals surface area (Å²) in [7, 11) is 1.93. The van der Waals surface area contributed by atoms with Crippen molar-refractivity contribution in [2.24, 2.45) is 0 Å². The molecule has 2 amide bonds. The highest BCUT2D eigenvalue weighted by molar-refractivity contribution is 6.07. The molecule has 0 aliphatic heterocycles. The van der Waals surface area contributed by atoms with Crippen molar-refractivity contribution < 1.29 is 14.3 Å². The lowest BCUT2D eigenvalue weighted by Crippen LogP contribution is -2.34. The van der Waals surface area contributed by atoms with E-state index in [0.717, 1.165) is 23.0 Å². The molecule has 32 heavy (non-hydrogen) atoms. The van der Waals surface area contributed by atoms with Gasteiger partial charge < -0.3 is 20.3 Å². The van der Waals surface area contributed by atoms with Crippen LogP contribution in [0.4, 0.5) is 16.2 Å². The molecule has 0 saturated heterocycles. The Balaban J connectivity index is 1.57. The number of benzene rings is 1. The van der Waals surface area contributed by atoms with Gasteiger partial charge in [-0.2, -0.15) is 0 Å². The van der Waals surface area contributed by atoms with Gasteiger partial charge in [0.2, 0.25) is 0 Å². The van der Waals surface area contributed by atoms with Crippen LogP contribution in [0.5, 0.6) is 0 Å². The predicted octanol–water partition coefficient (Wildman–Crippen LogP) is 4.23. The number of amides is 2. The van der Waals surface area contributed by atoms with Crippen molar-refractivity contribution in [3.8, 4) is 0 Å². The smallest absolute Gasteiger partial charge is 0.407 e. The van der Waals surface area contributed by atoms with E-state index in [-0.39, 0.29) is 5.91 Å². The third-order valence-electron chi connectivity index (χ3n) is 4.64. The summed E-state index contributed by atoms with van der Waals surface area (Å²) < 4.78 is 5.23. The Morgan fingerprint density at radius 2 is 1.84 bits per heavy atom. The minimum absolute atomic E-state index is 0.301. The van der Waals surface area contributed by atoms with Gasteiger partial charge in [-0.15, -0.1) is 0 Å². The van der Waals surface area contributed by atoms with Crippen molar-refractivity contribution in [1.82, 2.24) is 15.3 Å². The van der Waals surface area contributed by atoms with Gasteiger partial charge in [-0.3, -0.25) is 14.8 Å². The molecular formula is C24H29N5O3. The number of fused-ring (bicyclic) bond motifs is 1. The molecule has 0 bridgehead atoms. The fraction of sp³-hybridized carbons (Fsp3) is 0.333. The van der Waals surface area contributed by atoms with Crippen LogP contribution in [-0.2, 0) is 4.74 Å². The number of anilines is 2. The minimum Gasteiger partial charge on any atom is -0.444 e. The SMILES string of the molecule is CN(CCCNC(=O)OC(C)(C)C)c1ccnc(C(=O)Nc2cccc3cccnc23)c1. The van der Waals surface area contributed by atoms with Gasteiger partial charge in [-0.25, -0.2) is 4.79 Å². The Bertz CT molecular complexity index is 1090. The van der Waals surface area contributed by atoms with E-state index >= 15 is 0 Å². The number of hydrogen-bond donors (Lipinski definition) is 2. The Hall–Kier alpha value is -3.68. The van der Waals surface area contributed by atoms with Crippen LogP contribution in [0.15, 0.2) is 54.9 Å². The Labute approximate surface area is 188 Å². The quantitative estimate of drug-likeness (QED) is 0.539. The summed E-state index contributed by atoms with van der Waals surface area (Å²) in [5.74, 6) is -0.301. The fourth-order valence-corrected chi connectivity index (χ4v) is 3.12. The van der Waals surface area contributed by atoms with E-state index in [1.165, 1.54) is 0 Å². The highest BCUT2D eigenvalue weighted by Gasteiger charge is 2.16. The molecule has 0 radical (unpaired) electrons. The van der Waals surface area contributed by atoms with Crippen molar-refractivity contribution in [2.45, 2.75) is 32.8 Å². The molecule has 168 valence electrons. The molecule has 2 heterocycles. The van der Waals surface area contributed by atoms with Crippen LogP contribution in [0.2, 0.25) is 0 Å². The van der Waals surface area contributed by atoms with Crippen molar-refractivity contribution in [3.05, 3.63) is 60.6 Å². The number of carbonyl (C=O) groups is 2. The van der Waals surface area contributed by atoms with E-state index in [0.29, 0.717) is 24.5 Å². The summed E-state index contributed by atoms with van der Waals surface area (Å²) >= 11 is 0.